The summed E-state index contributed by atoms with van der Waals surface area (Å²) in [4.78, 5) is 35.6. The number of nitrogens with zero attached hydrogens (tertiary/aromatic N) is 1. The van der Waals surface area contributed by atoms with E-state index in [1.165, 1.54) is 13.2 Å². The number of benzene rings is 2. The molecule has 2 aromatic carbocycles. The van der Waals surface area contributed by atoms with Crippen molar-refractivity contribution in [1.29, 1.82) is 0 Å². The van der Waals surface area contributed by atoms with Crippen LogP contribution in [0, 0.1) is 30.9 Å². The van der Waals surface area contributed by atoms with Crippen LogP contribution in [0.1, 0.15) is 44.3 Å². The van der Waals surface area contributed by atoms with Crippen LogP contribution in [0.4, 0.5) is 5.69 Å². The van der Waals surface area contributed by atoms with Crippen molar-refractivity contribution < 1.29 is 28.7 Å². The van der Waals surface area contributed by atoms with E-state index in [0.29, 0.717) is 5.56 Å². The van der Waals surface area contributed by atoms with Gasteiger partial charge in [0.2, 0.25) is 5.78 Å². The predicted molar refractivity (Wildman–Crippen MR) is 106 cm³/mol. The first kappa shape index (κ1) is 21.9. The molecule has 0 N–H and O–H groups in total. The molecule has 0 bridgehead atoms. The Labute approximate surface area is 168 Å². The normalized spacial score (nSPS) is 10.4. The number of carbonyl (C=O) groups is 2. The molecular weight excluding hydrogens is 378 g/mol. The monoisotopic (exact) mass is 401 g/mol. The third-order valence-corrected chi connectivity index (χ3v) is 4.47. The molecular formula is C21H23NO7. The van der Waals surface area contributed by atoms with E-state index in [4.69, 9.17) is 14.2 Å². The van der Waals surface area contributed by atoms with E-state index in [1.54, 1.807) is 19.9 Å². The summed E-state index contributed by atoms with van der Waals surface area (Å²) in [7, 11) is 1.35. The Kier molecular flexibility index (Phi) is 6.93. The molecule has 0 fully saturated rings. The minimum Gasteiger partial charge on any atom is -0.493 e. The average Bonchev–Trinajstić information content (AvgIpc) is 2.68. The van der Waals surface area contributed by atoms with Gasteiger partial charge in [-0.25, -0.2) is 4.79 Å². The van der Waals surface area contributed by atoms with Crippen molar-refractivity contribution in [3.8, 4) is 11.5 Å². The van der Waals surface area contributed by atoms with Crippen LogP contribution < -0.4 is 9.47 Å². The molecule has 0 unspecified atom stereocenters. The Morgan fingerprint density at radius 2 is 1.62 bits per heavy atom. The number of carbonyl (C=O) groups excluding carboxylic acids is 2. The lowest BCUT2D eigenvalue weighted by atomic mass is 9.98. The molecule has 29 heavy (non-hydrogen) atoms. The van der Waals surface area contributed by atoms with Crippen molar-refractivity contribution in [3.63, 3.8) is 0 Å². The Morgan fingerprint density at radius 1 is 0.966 bits per heavy atom. The highest BCUT2D eigenvalue weighted by Crippen LogP contribution is 2.35. The number of esters is 1. The van der Waals surface area contributed by atoms with E-state index in [-0.39, 0.29) is 29.5 Å². The quantitative estimate of drug-likeness (QED) is 0.285. The average molecular weight is 401 g/mol. The summed E-state index contributed by atoms with van der Waals surface area (Å²) in [5.74, 6) is -1.09. The van der Waals surface area contributed by atoms with Gasteiger partial charge in [-0.2, -0.15) is 0 Å². The third-order valence-electron chi connectivity index (χ3n) is 4.47. The fourth-order valence-electron chi connectivity index (χ4n) is 2.84. The molecule has 0 radical (unpaired) electrons. The summed E-state index contributed by atoms with van der Waals surface area (Å²) in [5, 5.41) is 11.4. The van der Waals surface area contributed by atoms with Gasteiger partial charge < -0.3 is 14.2 Å². The maximum absolute atomic E-state index is 12.5. The molecule has 0 amide bonds. The number of aryl methyl sites for hydroxylation is 3. The standard InChI is InChI=1S/C21H23NO7/c1-6-28-20-10-17(22(25)26)16(9-19(20)27-5)21(24)29-11-18(23)15-8-13(3)12(2)7-14(15)4/h7-10H,6,11H2,1-5H3. The van der Waals surface area contributed by atoms with Crippen molar-refractivity contribution in [2.24, 2.45) is 0 Å². The highest BCUT2D eigenvalue weighted by molar-refractivity contribution is 6.01. The largest absolute Gasteiger partial charge is 0.493 e. The van der Waals surface area contributed by atoms with E-state index in [1.807, 2.05) is 19.9 Å². The number of rotatable bonds is 8. The molecule has 8 nitrogen and oxygen atoms in total. The second kappa shape index (κ2) is 9.18. The maximum atomic E-state index is 12.5. The molecule has 0 saturated carbocycles. The fourth-order valence-corrected chi connectivity index (χ4v) is 2.84. The SMILES string of the molecule is CCOc1cc([N+](=O)[O-])c(C(=O)OCC(=O)c2cc(C)c(C)cc2C)cc1OC. The highest BCUT2D eigenvalue weighted by Gasteiger charge is 2.26. The number of ether oxygens (including phenoxy) is 3. The molecule has 0 aliphatic heterocycles. The lowest BCUT2D eigenvalue weighted by Crippen LogP contribution is -2.16. The van der Waals surface area contributed by atoms with Gasteiger partial charge in [0.15, 0.2) is 18.1 Å². The van der Waals surface area contributed by atoms with Gasteiger partial charge in [-0.15, -0.1) is 0 Å². The molecule has 2 rings (SSSR count). The van der Waals surface area contributed by atoms with Gasteiger partial charge in [0, 0.05) is 11.6 Å². The van der Waals surface area contributed by atoms with Gasteiger partial charge >= 0.3 is 5.97 Å². The van der Waals surface area contributed by atoms with Crippen LogP contribution in [0.25, 0.3) is 0 Å². The van der Waals surface area contributed by atoms with Crippen molar-refractivity contribution in [2.45, 2.75) is 27.7 Å². The second-order valence-electron chi connectivity index (χ2n) is 6.46. The summed E-state index contributed by atoms with van der Waals surface area (Å²) >= 11 is 0. The van der Waals surface area contributed by atoms with Gasteiger partial charge in [-0.1, -0.05) is 6.07 Å². The lowest BCUT2D eigenvalue weighted by Gasteiger charge is -2.12. The molecule has 0 saturated heterocycles. The predicted octanol–water partition coefficient (Wildman–Crippen LogP) is 3.97. The molecule has 8 heteroatoms. The first-order chi connectivity index (χ1) is 13.7. The number of methoxy groups -OCH3 is 1. The van der Waals surface area contributed by atoms with Crippen LogP contribution in [0.15, 0.2) is 24.3 Å². The van der Waals surface area contributed by atoms with E-state index in [0.717, 1.165) is 22.8 Å². The molecule has 0 aromatic heterocycles. The topological polar surface area (TPSA) is 105 Å². The zero-order valence-electron chi connectivity index (χ0n) is 17.0. The summed E-state index contributed by atoms with van der Waals surface area (Å²) in [6, 6.07) is 5.90. The summed E-state index contributed by atoms with van der Waals surface area (Å²) in [6.07, 6.45) is 0. The van der Waals surface area contributed by atoms with Crippen LogP contribution in [0.5, 0.6) is 11.5 Å². The van der Waals surface area contributed by atoms with Gasteiger partial charge in [-0.05, 0) is 50.5 Å². The Hall–Kier alpha value is -3.42. The smallest absolute Gasteiger partial charge is 0.345 e. The van der Waals surface area contributed by atoms with E-state index < -0.39 is 23.2 Å². The van der Waals surface area contributed by atoms with Crippen LogP contribution in [-0.4, -0.2) is 37.0 Å². The molecule has 154 valence electrons. The Morgan fingerprint density at radius 3 is 2.21 bits per heavy atom. The van der Waals surface area contributed by atoms with E-state index in [9.17, 15) is 19.7 Å². The zero-order valence-corrected chi connectivity index (χ0v) is 17.0. The zero-order chi connectivity index (χ0) is 21.7. The fraction of sp³-hybridized carbons (Fsp3) is 0.333. The third kappa shape index (κ3) is 4.90. The summed E-state index contributed by atoms with van der Waals surface area (Å²) in [6.45, 7) is 7.07. The number of ketones is 1. The van der Waals surface area contributed by atoms with Crippen molar-refractivity contribution in [2.75, 3.05) is 20.3 Å². The molecule has 2 aromatic rings. The van der Waals surface area contributed by atoms with Gasteiger partial charge in [0.1, 0.15) is 5.56 Å². The van der Waals surface area contributed by atoms with E-state index in [2.05, 4.69) is 0 Å². The van der Waals surface area contributed by atoms with Crippen LogP contribution in [0.2, 0.25) is 0 Å². The van der Waals surface area contributed by atoms with Crippen LogP contribution in [0.3, 0.4) is 0 Å². The number of nitro groups is 1. The maximum Gasteiger partial charge on any atom is 0.345 e. The van der Waals surface area contributed by atoms with Crippen molar-refractivity contribution in [1.82, 2.24) is 0 Å². The number of nitro benzene ring substituents is 1. The summed E-state index contributed by atoms with van der Waals surface area (Å²) < 4.78 is 15.5. The van der Waals surface area contributed by atoms with Gasteiger partial charge in [0.25, 0.3) is 5.69 Å². The lowest BCUT2D eigenvalue weighted by molar-refractivity contribution is -0.385. The number of hydrogen-bond donors (Lipinski definition) is 0. The van der Waals surface area contributed by atoms with Crippen molar-refractivity contribution in [3.05, 3.63) is 62.2 Å². The molecule has 0 aliphatic rings. The molecule has 0 atom stereocenters. The number of hydrogen-bond acceptors (Lipinski definition) is 7. The first-order valence-corrected chi connectivity index (χ1v) is 8.97. The Balaban J connectivity index is 2.27. The second-order valence-corrected chi connectivity index (χ2v) is 6.46. The minimum absolute atomic E-state index is 0.139. The first-order valence-electron chi connectivity index (χ1n) is 8.97. The Bertz CT molecular complexity index is 966. The minimum atomic E-state index is -0.993. The van der Waals surface area contributed by atoms with E-state index >= 15 is 0 Å². The van der Waals surface area contributed by atoms with Gasteiger partial charge in [0.05, 0.1) is 24.7 Å². The highest BCUT2D eigenvalue weighted by atomic mass is 16.6. The van der Waals surface area contributed by atoms with Crippen LogP contribution >= 0.6 is 0 Å². The summed E-state index contributed by atoms with van der Waals surface area (Å²) in [5.41, 5.74) is 2.39. The molecule has 0 heterocycles. The number of Topliss-reactive ketones (excluding diaryl/α,β-unsaturated/α-hetero) is 1. The van der Waals surface area contributed by atoms with Crippen LogP contribution in [-0.2, 0) is 4.74 Å². The molecule has 0 aliphatic carbocycles. The molecule has 0 spiro atoms. The van der Waals surface area contributed by atoms with Gasteiger partial charge in [-0.3, -0.25) is 14.9 Å². The van der Waals surface area contributed by atoms with Crippen molar-refractivity contribution >= 4 is 17.4 Å².